The van der Waals surface area contributed by atoms with E-state index >= 15 is 0 Å². The molecule has 0 saturated heterocycles. The fourth-order valence-electron chi connectivity index (χ4n) is 5.30. The maximum absolute atomic E-state index is 13.6. The van der Waals surface area contributed by atoms with Crippen LogP contribution in [0.1, 0.15) is 9.60 Å². The van der Waals surface area contributed by atoms with Crippen molar-refractivity contribution in [2.75, 3.05) is 0 Å². The van der Waals surface area contributed by atoms with Gasteiger partial charge in [0.2, 0.25) is 9.84 Å². The van der Waals surface area contributed by atoms with E-state index in [0.29, 0.717) is 16.6 Å². The molecule has 39 heavy (non-hydrogen) atoms. The number of hydrogen-bond acceptors (Lipinski definition) is 4. The molecule has 0 atom stereocenters. The summed E-state index contributed by atoms with van der Waals surface area (Å²) in [6.07, 6.45) is 1.73. The minimum atomic E-state index is -4.60. The number of rotatable bonds is 2. The van der Waals surface area contributed by atoms with Gasteiger partial charge in [0.15, 0.2) is 0 Å². The molecule has 0 amide bonds. The summed E-state index contributed by atoms with van der Waals surface area (Å²) in [4.78, 5) is 8.23. The lowest BCUT2D eigenvalue weighted by Crippen LogP contribution is -1.96. The number of hydrogen-bond donors (Lipinski definition) is 0. The number of pyridine rings is 2. The van der Waals surface area contributed by atoms with E-state index < -0.39 is 61.9 Å². The lowest BCUT2D eigenvalue weighted by atomic mass is 9.92. The van der Waals surface area contributed by atoms with Gasteiger partial charge in [-0.1, -0.05) is 84.8 Å². The van der Waals surface area contributed by atoms with Crippen molar-refractivity contribution in [3.63, 3.8) is 0 Å². The molecule has 1 aliphatic rings. The van der Waals surface area contributed by atoms with E-state index in [4.69, 9.17) is 13.2 Å². The molecule has 0 spiro atoms. The van der Waals surface area contributed by atoms with Gasteiger partial charge < -0.3 is 0 Å². The highest BCUT2D eigenvalue weighted by atomic mass is 32.2. The molecule has 3 heterocycles. The number of nitrogens with zero attached hydrogens (tertiary/aromatic N) is 2. The molecule has 5 aromatic carbocycles. The molecule has 1 aliphatic heterocycles. The van der Waals surface area contributed by atoms with Crippen LogP contribution in [-0.2, 0) is 9.84 Å². The molecular weight excluding hydrogens is 500 g/mol. The van der Waals surface area contributed by atoms with Crippen LogP contribution in [0.15, 0.2) is 131 Å². The van der Waals surface area contributed by atoms with Crippen LogP contribution in [-0.4, -0.2) is 18.4 Å². The van der Waals surface area contributed by atoms with Crippen LogP contribution in [0.25, 0.3) is 66.1 Å². The first-order chi connectivity index (χ1) is 22.0. The van der Waals surface area contributed by atoms with Crippen molar-refractivity contribution in [1.29, 1.82) is 0 Å². The molecule has 0 N–H and O–H groups in total. The van der Waals surface area contributed by atoms with E-state index in [1.54, 1.807) is 18.3 Å². The van der Waals surface area contributed by atoms with Gasteiger partial charge in [-0.3, -0.25) is 4.98 Å². The molecule has 5 heteroatoms. The molecule has 0 saturated carbocycles. The average Bonchev–Trinajstić information content (AvgIpc) is 3.32. The Kier molecular flexibility index (Phi) is 3.34. The third kappa shape index (κ3) is 3.20. The monoisotopic (exact) mass is 527 g/mol. The lowest BCUT2D eigenvalue weighted by molar-refractivity contribution is 0.598. The van der Waals surface area contributed by atoms with Gasteiger partial charge in [-0.2, -0.15) is 0 Å². The fraction of sp³-hybridized carbons (Fsp3) is 0. The summed E-state index contributed by atoms with van der Waals surface area (Å²) >= 11 is 0. The first-order valence-corrected chi connectivity index (χ1v) is 13.7. The summed E-state index contributed by atoms with van der Waals surface area (Å²) < 4.78 is 87.2. The Balaban J connectivity index is 1.41. The Morgan fingerprint density at radius 2 is 1.33 bits per heavy atom. The van der Waals surface area contributed by atoms with Crippen LogP contribution in [0.3, 0.4) is 0 Å². The Labute approximate surface area is 235 Å². The highest BCUT2D eigenvalue weighted by Gasteiger charge is 2.32. The van der Waals surface area contributed by atoms with Crippen LogP contribution in [0.5, 0.6) is 0 Å². The van der Waals surface area contributed by atoms with E-state index in [2.05, 4.69) is 4.98 Å². The number of benzene rings is 5. The van der Waals surface area contributed by atoms with Crippen molar-refractivity contribution in [2.45, 2.75) is 9.79 Å². The topological polar surface area (TPSA) is 59.9 Å². The zero-order valence-corrected chi connectivity index (χ0v) is 20.9. The Bertz CT molecular complexity index is 2640. The third-order valence-corrected chi connectivity index (χ3v) is 8.81. The molecule has 0 bridgehead atoms. The largest absolute Gasteiger partial charge is 0.254 e. The van der Waals surface area contributed by atoms with Crippen LogP contribution < -0.4 is 0 Å². The molecule has 7 aromatic rings. The number of sulfone groups is 1. The minimum Gasteiger partial charge on any atom is -0.254 e. The van der Waals surface area contributed by atoms with Gasteiger partial charge in [0.25, 0.3) is 0 Å². The van der Waals surface area contributed by atoms with Crippen molar-refractivity contribution >= 4 is 42.4 Å². The summed E-state index contributed by atoms with van der Waals surface area (Å²) in [5.41, 5.74) is 2.74. The smallest absolute Gasteiger partial charge is 0.207 e. The summed E-state index contributed by atoms with van der Waals surface area (Å²) in [7, 11) is -4.60. The number of fused-ring (bicyclic) bond motifs is 7. The summed E-state index contributed by atoms with van der Waals surface area (Å²) in [5.74, 6) is 0. The zero-order chi connectivity index (χ0) is 32.2. The molecule has 2 aromatic heterocycles. The van der Waals surface area contributed by atoms with E-state index in [-0.39, 0.29) is 16.7 Å². The molecule has 0 unspecified atom stereocenters. The van der Waals surface area contributed by atoms with Gasteiger partial charge in [-0.15, -0.1) is 0 Å². The highest BCUT2D eigenvalue weighted by Crippen LogP contribution is 2.45. The van der Waals surface area contributed by atoms with Crippen molar-refractivity contribution < 1.29 is 18.0 Å². The molecule has 4 nitrogen and oxygen atoms in total. The Hall–Kier alpha value is -4.87. The number of aromatic nitrogens is 2. The third-order valence-electron chi connectivity index (χ3n) is 7.12. The predicted octanol–water partition coefficient (Wildman–Crippen LogP) is 8.08. The second-order valence-corrected chi connectivity index (χ2v) is 11.1. The predicted molar refractivity (Wildman–Crippen MR) is 156 cm³/mol. The summed E-state index contributed by atoms with van der Waals surface area (Å²) in [6.45, 7) is 0. The average molecular weight is 528 g/mol. The van der Waals surface area contributed by atoms with Crippen LogP contribution in [0.4, 0.5) is 0 Å². The van der Waals surface area contributed by atoms with E-state index in [1.165, 1.54) is 0 Å². The van der Waals surface area contributed by atoms with E-state index in [0.717, 1.165) is 32.8 Å². The maximum atomic E-state index is 13.6. The van der Waals surface area contributed by atoms with Crippen molar-refractivity contribution in [3.8, 4) is 33.5 Å². The van der Waals surface area contributed by atoms with Gasteiger partial charge >= 0.3 is 0 Å². The van der Waals surface area contributed by atoms with Crippen molar-refractivity contribution in [3.05, 3.63) is 121 Å². The summed E-state index contributed by atoms with van der Waals surface area (Å²) in [6, 6.07) is 18.3. The molecule has 184 valence electrons. The van der Waals surface area contributed by atoms with E-state index in [9.17, 15) is 9.79 Å². The summed E-state index contributed by atoms with van der Waals surface area (Å²) in [5, 5.41) is 3.28. The molecule has 0 aliphatic carbocycles. The Morgan fingerprint density at radius 3 is 2.21 bits per heavy atom. The molecule has 0 radical (unpaired) electrons. The molecule has 8 rings (SSSR count). The second-order valence-electron chi connectivity index (χ2n) is 9.28. The second kappa shape index (κ2) is 8.06. The van der Waals surface area contributed by atoms with Crippen LogP contribution in [0, 0.1) is 0 Å². The fourth-order valence-corrected chi connectivity index (χ4v) is 6.72. The van der Waals surface area contributed by atoms with Crippen LogP contribution >= 0.6 is 0 Å². The first-order valence-electron chi connectivity index (χ1n) is 15.7. The van der Waals surface area contributed by atoms with Gasteiger partial charge in [0.05, 0.1) is 36.1 Å². The normalized spacial score (nSPS) is 16.1. The van der Waals surface area contributed by atoms with E-state index in [1.807, 2.05) is 60.7 Å². The standard InChI is InChI=1S/C34H20N2O2S/c37-39(38)31-10-4-3-9-28(31)29-20-23(14-18-32(29)39)24-15-16-27(26-8-2-1-7-25(24)26)30-17-13-22-12-11-21-6-5-19-35-33(21)34(22)36-30/h1-20H/i3D,4D,9D,10D,14D,18D,20D. The van der Waals surface area contributed by atoms with Gasteiger partial charge in [-0.25, -0.2) is 13.4 Å². The van der Waals surface area contributed by atoms with Gasteiger partial charge in [0, 0.05) is 33.7 Å². The quantitative estimate of drug-likeness (QED) is 0.213. The minimum absolute atomic E-state index is 0.0105. The van der Waals surface area contributed by atoms with Crippen LogP contribution in [0.2, 0.25) is 0 Å². The van der Waals surface area contributed by atoms with Gasteiger partial charge in [-0.05, 0) is 52.2 Å². The van der Waals surface area contributed by atoms with Crippen molar-refractivity contribution in [2.24, 2.45) is 0 Å². The highest BCUT2D eigenvalue weighted by molar-refractivity contribution is 7.92. The van der Waals surface area contributed by atoms with Gasteiger partial charge in [0.1, 0.15) is 0 Å². The maximum Gasteiger partial charge on any atom is 0.207 e. The Morgan fingerprint density at radius 1 is 0.615 bits per heavy atom. The SMILES string of the molecule is [2H]c1c([2H])c([2H])c2c(c1[2H])-c1c([2H])c(-c3ccc(-c4ccc5ccc6cccnc6c5n4)c4ccccc34)c([2H])c([2H])c1S2(=O)=O. The first kappa shape index (κ1) is 16.2. The zero-order valence-electron chi connectivity index (χ0n) is 27.1. The molecular formula is C34H20N2O2S. The molecule has 0 fully saturated rings. The lowest BCUT2D eigenvalue weighted by Gasteiger charge is -2.13. The van der Waals surface area contributed by atoms with Crippen molar-refractivity contribution in [1.82, 2.24) is 9.97 Å².